The first-order valence-electron chi connectivity index (χ1n) is 8.34. The van der Waals surface area contributed by atoms with E-state index in [4.69, 9.17) is 11.1 Å². The molecule has 1 aliphatic carbocycles. The fourth-order valence-corrected chi connectivity index (χ4v) is 2.98. The average Bonchev–Trinajstić information content (AvgIpc) is 2.61. The van der Waals surface area contributed by atoms with Gasteiger partial charge in [-0.15, -0.1) is 12.4 Å². The maximum absolute atomic E-state index is 7.96. The molecular formula is C22H24ClN3. The summed E-state index contributed by atoms with van der Waals surface area (Å²) in [5.41, 5.74) is 15.0. The summed E-state index contributed by atoms with van der Waals surface area (Å²) in [5.74, 6) is 0. The number of nitrogens with two attached hydrogens (primary N) is 1. The third kappa shape index (κ3) is 3.89. The van der Waals surface area contributed by atoms with Crippen LogP contribution in [0.1, 0.15) is 23.6 Å². The van der Waals surface area contributed by atoms with Crippen molar-refractivity contribution in [3.63, 3.8) is 0 Å². The van der Waals surface area contributed by atoms with E-state index in [-0.39, 0.29) is 12.4 Å². The number of nitrogen functional groups attached to an aromatic ring is 1. The molecule has 0 spiro atoms. The molecule has 0 aliphatic heterocycles. The number of hydrogen-bond acceptors (Lipinski definition) is 3. The van der Waals surface area contributed by atoms with Crippen molar-refractivity contribution in [3.8, 4) is 0 Å². The van der Waals surface area contributed by atoms with Gasteiger partial charge in [0.05, 0.1) is 5.71 Å². The van der Waals surface area contributed by atoms with Crippen molar-refractivity contribution < 1.29 is 0 Å². The second kappa shape index (κ2) is 8.07. The van der Waals surface area contributed by atoms with Gasteiger partial charge < -0.3 is 16.5 Å². The van der Waals surface area contributed by atoms with Crippen LogP contribution in [0.5, 0.6) is 0 Å². The van der Waals surface area contributed by atoms with Crippen molar-refractivity contribution in [3.05, 3.63) is 88.5 Å². The quantitative estimate of drug-likeness (QED) is 0.639. The largest absolute Gasteiger partial charge is 0.399 e. The van der Waals surface area contributed by atoms with Crippen molar-refractivity contribution in [1.82, 2.24) is 0 Å². The zero-order chi connectivity index (χ0) is 18.0. The molecule has 0 atom stereocenters. The lowest BCUT2D eigenvalue weighted by Gasteiger charge is -2.17. The van der Waals surface area contributed by atoms with Crippen molar-refractivity contribution in [2.45, 2.75) is 13.8 Å². The molecule has 134 valence electrons. The summed E-state index contributed by atoms with van der Waals surface area (Å²) in [7, 11) is 1.92. The predicted molar refractivity (Wildman–Crippen MR) is 115 cm³/mol. The van der Waals surface area contributed by atoms with Gasteiger partial charge in [0.25, 0.3) is 0 Å². The molecule has 0 aromatic heterocycles. The first-order valence-corrected chi connectivity index (χ1v) is 8.34. The predicted octanol–water partition coefficient (Wildman–Crippen LogP) is 5.38. The van der Waals surface area contributed by atoms with Crippen molar-refractivity contribution in [2.24, 2.45) is 0 Å². The van der Waals surface area contributed by atoms with Crippen LogP contribution in [0.2, 0.25) is 0 Å². The summed E-state index contributed by atoms with van der Waals surface area (Å²) in [6.45, 7) is 4.00. The Morgan fingerprint density at radius 3 is 2.38 bits per heavy atom. The van der Waals surface area contributed by atoms with Gasteiger partial charge >= 0.3 is 0 Å². The number of nitrogens with one attached hydrogen (secondary N) is 2. The Morgan fingerprint density at radius 2 is 1.73 bits per heavy atom. The number of rotatable bonds is 3. The molecule has 0 saturated heterocycles. The minimum absolute atomic E-state index is 0. The minimum Gasteiger partial charge on any atom is -0.399 e. The molecule has 0 radical (unpaired) electrons. The molecule has 4 heteroatoms. The van der Waals surface area contributed by atoms with E-state index in [1.807, 2.05) is 45.2 Å². The van der Waals surface area contributed by atoms with Crippen LogP contribution < -0.4 is 11.1 Å². The highest BCUT2D eigenvalue weighted by molar-refractivity contribution is 6.08. The van der Waals surface area contributed by atoms with Gasteiger partial charge in [0.2, 0.25) is 0 Å². The standard InChI is InChI=1S/C22H23N3.ClH/c1-14-11-17(7-9-20(14)23)22(16-5-4-6-19(13-16)25-3)18-8-10-21(24)15(2)12-18;/h4-13,23,25H,24H2,1-3H3;1H. The highest BCUT2D eigenvalue weighted by atomic mass is 35.5. The van der Waals surface area contributed by atoms with Gasteiger partial charge in [0, 0.05) is 18.4 Å². The molecular weight excluding hydrogens is 342 g/mol. The molecule has 0 heterocycles. The Morgan fingerprint density at radius 1 is 1.00 bits per heavy atom. The van der Waals surface area contributed by atoms with Gasteiger partial charge in [-0.25, -0.2) is 0 Å². The van der Waals surface area contributed by atoms with Crippen LogP contribution in [0.4, 0.5) is 11.4 Å². The first-order chi connectivity index (χ1) is 12.0. The lowest BCUT2D eigenvalue weighted by molar-refractivity contribution is 1.40. The molecule has 2 aromatic carbocycles. The zero-order valence-electron chi connectivity index (χ0n) is 15.3. The van der Waals surface area contributed by atoms with Crippen molar-refractivity contribution >= 4 is 35.1 Å². The normalized spacial score (nSPS) is 15.2. The van der Waals surface area contributed by atoms with E-state index < -0.39 is 0 Å². The molecule has 3 nitrogen and oxygen atoms in total. The topological polar surface area (TPSA) is 61.9 Å². The molecule has 1 aliphatic rings. The number of hydrogen-bond donors (Lipinski definition) is 3. The maximum Gasteiger partial charge on any atom is 0.0569 e. The van der Waals surface area contributed by atoms with E-state index >= 15 is 0 Å². The van der Waals surface area contributed by atoms with Gasteiger partial charge in [-0.1, -0.05) is 24.3 Å². The Labute approximate surface area is 161 Å². The second-order valence-corrected chi connectivity index (χ2v) is 6.31. The number of aryl methyl sites for hydroxylation is 1. The summed E-state index contributed by atoms with van der Waals surface area (Å²) in [5, 5.41) is 11.2. The summed E-state index contributed by atoms with van der Waals surface area (Å²) in [4.78, 5) is 0. The van der Waals surface area contributed by atoms with Gasteiger partial charge in [0.15, 0.2) is 0 Å². The summed E-state index contributed by atoms with van der Waals surface area (Å²) < 4.78 is 0. The third-order valence-corrected chi connectivity index (χ3v) is 4.51. The summed E-state index contributed by atoms with van der Waals surface area (Å²) in [6.07, 6.45) is 5.95. The van der Waals surface area contributed by atoms with E-state index in [1.165, 1.54) is 0 Å². The third-order valence-electron chi connectivity index (χ3n) is 4.51. The van der Waals surface area contributed by atoms with Gasteiger partial charge in [0.1, 0.15) is 0 Å². The lowest BCUT2D eigenvalue weighted by atomic mass is 9.88. The molecule has 26 heavy (non-hydrogen) atoms. The lowest BCUT2D eigenvalue weighted by Crippen LogP contribution is -2.02. The molecule has 0 saturated carbocycles. The highest BCUT2D eigenvalue weighted by Gasteiger charge is 2.14. The van der Waals surface area contributed by atoms with Gasteiger partial charge in [-0.2, -0.15) is 0 Å². The van der Waals surface area contributed by atoms with Gasteiger partial charge in [-0.05, 0) is 83.7 Å². The zero-order valence-corrected chi connectivity index (χ0v) is 16.1. The van der Waals surface area contributed by atoms with E-state index in [2.05, 4.69) is 41.7 Å². The van der Waals surface area contributed by atoms with E-state index in [0.717, 1.165) is 44.8 Å². The smallest absolute Gasteiger partial charge is 0.0569 e. The fourth-order valence-electron chi connectivity index (χ4n) is 2.98. The van der Waals surface area contributed by atoms with Crippen molar-refractivity contribution in [2.75, 3.05) is 18.1 Å². The molecule has 4 N–H and O–H groups in total. The van der Waals surface area contributed by atoms with Gasteiger partial charge in [-0.3, -0.25) is 0 Å². The SMILES string of the molecule is CNc1cccc(C(=C2C=CC(=N)C(C)=C2)c2ccc(N)c(C)c2)c1.Cl. The fraction of sp³-hybridized carbons (Fsp3) is 0.136. The van der Waals surface area contributed by atoms with Crippen LogP contribution in [0, 0.1) is 12.3 Å². The van der Waals surface area contributed by atoms with Crippen LogP contribution in [-0.4, -0.2) is 12.8 Å². The highest BCUT2D eigenvalue weighted by Crippen LogP contribution is 2.33. The number of anilines is 2. The Kier molecular flexibility index (Phi) is 6.06. The molecule has 2 aromatic rings. The molecule has 3 rings (SSSR count). The minimum atomic E-state index is 0. The summed E-state index contributed by atoms with van der Waals surface area (Å²) in [6, 6.07) is 14.5. The summed E-state index contributed by atoms with van der Waals surface area (Å²) >= 11 is 0. The molecule has 0 bridgehead atoms. The van der Waals surface area contributed by atoms with Crippen LogP contribution >= 0.6 is 12.4 Å². The Bertz CT molecular complexity index is 936. The van der Waals surface area contributed by atoms with Crippen molar-refractivity contribution in [1.29, 1.82) is 5.41 Å². The van der Waals surface area contributed by atoms with E-state index in [9.17, 15) is 0 Å². The maximum atomic E-state index is 7.96. The molecule has 0 unspecified atom stereocenters. The van der Waals surface area contributed by atoms with E-state index in [1.54, 1.807) is 0 Å². The van der Waals surface area contributed by atoms with Crippen LogP contribution in [0.25, 0.3) is 5.57 Å². The molecule has 0 fully saturated rings. The second-order valence-electron chi connectivity index (χ2n) is 6.31. The van der Waals surface area contributed by atoms with Crippen LogP contribution in [0.15, 0.2) is 71.8 Å². The monoisotopic (exact) mass is 365 g/mol. The number of halogens is 1. The van der Waals surface area contributed by atoms with Crippen LogP contribution in [0.3, 0.4) is 0 Å². The Balaban J connectivity index is 0.00000243. The molecule has 0 amide bonds. The number of allylic oxidation sites excluding steroid dienone is 5. The average molecular weight is 366 g/mol. The van der Waals surface area contributed by atoms with E-state index in [0.29, 0.717) is 5.71 Å². The van der Waals surface area contributed by atoms with Crippen LogP contribution in [-0.2, 0) is 0 Å². The first kappa shape index (κ1) is 19.5. The Hall–Kier alpha value is -2.78. The number of benzene rings is 2.